The summed E-state index contributed by atoms with van der Waals surface area (Å²) in [7, 11) is 0. The van der Waals surface area contributed by atoms with Crippen LogP contribution in [0.5, 0.6) is 0 Å². The van der Waals surface area contributed by atoms with E-state index < -0.39 is 0 Å². The van der Waals surface area contributed by atoms with E-state index in [4.69, 9.17) is 0 Å². The second kappa shape index (κ2) is 6.59. The standard InChI is InChI=1S/C20H17FN4OS/c1-11-4-5-14(8-12(11)2)19(26)23-18-9-13(3)24-25(18)20-22-16-7-6-15(21)10-17(16)27-20/h4-10H,1-3H3,(H,23,26). The molecule has 0 saturated carbocycles. The summed E-state index contributed by atoms with van der Waals surface area (Å²) >= 11 is 1.32. The molecule has 0 atom stereocenters. The minimum atomic E-state index is -0.308. The van der Waals surface area contributed by atoms with Gasteiger partial charge in [0.2, 0.25) is 5.13 Å². The van der Waals surface area contributed by atoms with Crippen LogP contribution in [0.15, 0.2) is 42.5 Å². The number of benzene rings is 2. The summed E-state index contributed by atoms with van der Waals surface area (Å²) < 4.78 is 15.8. The monoisotopic (exact) mass is 380 g/mol. The van der Waals surface area contributed by atoms with E-state index in [0.717, 1.165) is 21.5 Å². The van der Waals surface area contributed by atoms with Gasteiger partial charge in [-0.1, -0.05) is 17.4 Å². The van der Waals surface area contributed by atoms with Crippen molar-refractivity contribution < 1.29 is 9.18 Å². The van der Waals surface area contributed by atoms with E-state index in [-0.39, 0.29) is 11.7 Å². The zero-order valence-electron chi connectivity index (χ0n) is 15.1. The zero-order valence-corrected chi connectivity index (χ0v) is 15.9. The van der Waals surface area contributed by atoms with Gasteiger partial charge in [0.1, 0.15) is 11.6 Å². The predicted molar refractivity (Wildman–Crippen MR) is 105 cm³/mol. The second-order valence-corrected chi connectivity index (χ2v) is 7.45. The molecule has 0 fully saturated rings. The molecule has 5 nitrogen and oxygen atoms in total. The Morgan fingerprint density at radius 1 is 1.07 bits per heavy atom. The Kier molecular flexibility index (Phi) is 4.24. The van der Waals surface area contributed by atoms with Crippen molar-refractivity contribution in [1.82, 2.24) is 14.8 Å². The number of amides is 1. The number of aromatic nitrogens is 3. The highest BCUT2D eigenvalue weighted by Gasteiger charge is 2.16. The van der Waals surface area contributed by atoms with Crippen LogP contribution in [0, 0.1) is 26.6 Å². The third kappa shape index (κ3) is 3.33. The Hall–Kier alpha value is -3.06. The molecule has 1 N–H and O–H groups in total. The summed E-state index contributed by atoms with van der Waals surface area (Å²) in [5.74, 6) is -0.000672. The molecule has 0 aliphatic carbocycles. The molecule has 4 rings (SSSR count). The van der Waals surface area contributed by atoms with Crippen molar-refractivity contribution in [1.29, 1.82) is 0 Å². The minimum Gasteiger partial charge on any atom is -0.306 e. The van der Waals surface area contributed by atoms with E-state index in [2.05, 4.69) is 15.4 Å². The van der Waals surface area contributed by atoms with Gasteiger partial charge in [-0.05, 0) is 62.2 Å². The molecule has 0 radical (unpaired) electrons. The second-order valence-electron chi connectivity index (χ2n) is 6.44. The molecule has 2 aromatic heterocycles. The first-order chi connectivity index (χ1) is 12.9. The van der Waals surface area contributed by atoms with E-state index >= 15 is 0 Å². The maximum Gasteiger partial charge on any atom is 0.256 e. The molecule has 27 heavy (non-hydrogen) atoms. The average molecular weight is 380 g/mol. The maximum absolute atomic E-state index is 13.5. The Morgan fingerprint density at radius 2 is 1.89 bits per heavy atom. The number of hydrogen-bond donors (Lipinski definition) is 1. The first kappa shape index (κ1) is 17.4. The SMILES string of the molecule is Cc1cc(NC(=O)c2ccc(C)c(C)c2)n(-c2nc3ccc(F)cc3s2)n1. The van der Waals surface area contributed by atoms with Crippen LogP contribution in [0.1, 0.15) is 27.2 Å². The van der Waals surface area contributed by atoms with E-state index in [1.807, 2.05) is 32.9 Å². The molecule has 4 aromatic rings. The summed E-state index contributed by atoms with van der Waals surface area (Å²) in [6.07, 6.45) is 0. The fraction of sp³-hybridized carbons (Fsp3) is 0.150. The molecule has 7 heteroatoms. The van der Waals surface area contributed by atoms with Crippen LogP contribution in [-0.2, 0) is 0 Å². The molecule has 2 heterocycles. The van der Waals surface area contributed by atoms with Gasteiger partial charge in [-0.15, -0.1) is 0 Å². The van der Waals surface area contributed by atoms with Crippen LogP contribution >= 0.6 is 11.3 Å². The lowest BCUT2D eigenvalue weighted by molar-refractivity contribution is 0.102. The Labute approximate surface area is 159 Å². The highest BCUT2D eigenvalue weighted by Crippen LogP contribution is 2.28. The first-order valence-corrected chi connectivity index (χ1v) is 9.24. The number of rotatable bonds is 3. The van der Waals surface area contributed by atoms with Crippen molar-refractivity contribution in [3.8, 4) is 5.13 Å². The molecule has 0 bridgehead atoms. The van der Waals surface area contributed by atoms with E-state index in [0.29, 0.717) is 22.0 Å². The predicted octanol–water partition coefficient (Wildman–Crippen LogP) is 4.80. The summed E-state index contributed by atoms with van der Waals surface area (Å²) in [4.78, 5) is 17.2. The lowest BCUT2D eigenvalue weighted by Crippen LogP contribution is -2.15. The lowest BCUT2D eigenvalue weighted by atomic mass is 10.1. The molecule has 1 amide bonds. The maximum atomic E-state index is 13.5. The van der Waals surface area contributed by atoms with Crippen molar-refractivity contribution in [3.05, 3.63) is 70.7 Å². The van der Waals surface area contributed by atoms with Crippen molar-refractivity contribution in [2.75, 3.05) is 5.32 Å². The topological polar surface area (TPSA) is 59.8 Å². The molecule has 0 aliphatic heterocycles. The first-order valence-electron chi connectivity index (χ1n) is 8.42. The van der Waals surface area contributed by atoms with Crippen molar-refractivity contribution >= 4 is 33.3 Å². The molecule has 0 unspecified atom stereocenters. The highest BCUT2D eigenvalue weighted by atomic mass is 32.1. The number of anilines is 1. The minimum absolute atomic E-state index is 0.216. The van der Waals surface area contributed by atoms with Gasteiger partial charge in [-0.3, -0.25) is 4.79 Å². The lowest BCUT2D eigenvalue weighted by Gasteiger charge is -2.08. The summed E-state index contributed by atoms with van der Waals surface area (Å²) in [6.45, 7) is 5.82. The number of hydrogen-bond acceptors (Lipinski definition) is 4. The van der Waals surface area contributed by atoms with Gasteiger partial charge >= 0.3 is 0 Å². The summed E-state index contributed by atoms with van der Waals surface area (Å²) in [5, 5.41) is 7.90. The van der Waals surface area contributed by atoms with Crippen molar-refractivity contribution in [2.24, 2.45) is 0 Å². The number of carbonyl (C=O) groups is 1. The Morgan fingerprint density at radius 3 is 2.67 bits per heavy atom. The normalized spacial score (nSPS) is 11.1. The van der Waals surface area contributed by atoms with Crippen LogP contribution in [0.25, 0.3) is 15.3 Å². The van der Waals surface area contributed by atoms with E-state index in [9.17, 15) is 9.18 Å². The summed E-state index contributed by atoms with van der Waals surface area (Å²) in [6, 6.07) is 11.8. The summed E-state index contributed by atoms with van der Waals surface area (Å²) in [5.41, 5.74) is 4.20. The van der Waals surface area contributed by atoms with Crippen LogP contribution in [-0.4, -0.2) is 20.7 Å². The van der Waals surface area contributed by atoms with Crippen LogP contribution in [0.4, 0.5) is 10.2 Å². The smallest absolute Gasteiger partial charge is 0.256 e. The van der Waals surface area contributed by atoms with Gasteiger partial charge < -0.3 is 5.32 Å². The van der Waals surface area contributed by atoms with E-state index in [1.54, 1.807) is 22.9 Å². The molecule has 0 saturated heterocycles. The molecule has 136 valence electrons. The van der Waals surface area contributed by atoms with Crippen LogP contribution in [0.2, 0.25) is 0 Å². The number of fused-ring (bicyclic) bond motifs is 1. The molecule has 0 spiro atoms. The largest absolute Gasteiger partial charge is 0.306 e. The highest BCUT2D eigenvalue weighted by molar-refractivity contribution is 7.20. The number of aryl methyl sites for hydroxylation is 3. The van der Waals surface area contributed by atoms with E-state index in [1.165, 1.54) is 23.5 Å². The van der Waals surface area contributed by atoms with Gasteiger partial charge in [-0.25, -0.2) is 9.37 Å². The zero-order chi connectivity index (χ0) is 19.1. The average Bonchev–Trinajstić information content (AvgIpc) is 3.19. The van der Waals surface area contributed by atoms with Gasteiger partial charge in [0.25, 0.3) is 5.91 Å². The quantitative estimate of drug-likeness (QED) is 0.555. The Balaban J connectivity index is 1.69. The van der Waals surface area contributed by atoms with Gasteiger partial charge in [0, 0.05) is 11.6 Å². The molecular formula is C20H17FN4OS. The van der Waals surface area contributed by atoms with Gasteiger partial charge in [0.15, 0.2) is 0 Å². The van der Waals surface area contributed by atoms with Crippen LogP contribution in [0.3, 0.4) is 0 Å². The van der Waals surface area contributed by atoms with Crippen molar-refractivity contribution in [2.45, 2.75) is 20.8 Å². The number of nitrogens with one attached hydrogen (secondary N) is 1. The number of thiazole rings is 1. The van der Waals surface area contributed by atoms with Gasteiger partial charge in [0.05, 0.1) is 15.9 Å². The van der Waals surface area contributed by atoms with Crippen molar-refractivity contribution in [3.63, 3.8) is 0 Å². The third-order valence-electron chi connectivity index (χ3n) is 4.36. The third-order valence-corrected chi connectivity index (χ3v) is 5.36. The molecular weight excluding hydrogens is 363 g/mol. The number of carbonyl (C=O) groups excluding carboxylic acids is 1. The number of nitrogens with zero attached hydrogens (tertiary/aromatic N) is 3. The fourth-order valence-corrected chi connectivity index (χ4v) is 3.74. The molecule has 2 aromatic carbocycles. The molecule has 0 aliphatic rings. The fourth-order valence-electron chi connectivity index (χ4n) is 2.78. The van der Waals surface area contributed by atoms with Crippen LogP contribution < -0.4 is 5.32 Å². The van der Waals surface area contributed by atoms with Gasteiger partial charge in [-0.2, -0.15) is 9.78 Å². The number of halogens is 1. The Bertz CT molecular complexity index is 1180.